The van der Waals surface area contributed by atoms with E-state index in [2.05, 4.69) is 5.32 Å². The van der Waals surface area contributed by atoms with Crippen molar-refractivity contribution < 1.29 is 14.3 Å². The lowest BCUT2D eigenvalue weighted by Gasteiger charge is -2.26. The standard InChI is InChI=1S/C21H20ClN3O3/c22-18-3-1-16(2-4-18)15-28-20-7-5-19(6-8-20)24-14-17(13-23)21(26)25-9-11-27-12-10-25/h1-8,14,24H,9-12,15H2/b17-14+. The average Bonchev–Trinajstić information content (AvgIpc) is 2.75. The number of nitrogens with one attached hydrogen (secondary N) is 1. The Morgan fingerprint density at radius 3 is 2.50 bits per heavy atom. The van der Waals surface area contributed by atoms with Crippen LogP contribution in [0.3, 0.4) is 0 Å². The van der Waals surface area contributed by atoms with E-state index in [0.29, 0.717) is 37.9 Å². The SMILES string of the molecule is N#C/C(=C\Nc1ccc(OCc2ccc(Cl)cc2)cc1)C(=O)N1CCOCC1. The molecule has 0 bridgehead atoms. The van der Waals surface area contributed by atoms with Gasteiger partial charge in [0, 0.05) is 30.0 Å². The average molecular weight is 398 g/mol. The number of anilines is 1. The topological polar surface area (TPSA) is 74.6 Å². The van der Waals surface area contributed by atoms with E-state index >= 15 is 0 Å². The predicted molar refractivity (Wildman–Crippen MR) is 107 cm³/mol. The summed E-state index contributed by atoms with van der Waals surface area (Å²) in [5, 5.41) is 13.0. The minimum absolute atomic E-state index is 0.0602. The summed E-state index contributed by atoms with van der Waals surface area (Å²) in [5.74, 6) is 0.426. The number of nitriles is 1. The molecule has 0 radical (unpaired) electrons. The van der Waals surface area contributed by atoms with Crippen molar-refractivity contribution >= 4 is 23.2 Å². The van der Waals surface area contributed by atoms with E-state index in [1.54, 1.807) is 4.90 Å². The Hall–Kier alpha value is -3.01. The van der Waals surface area contributed by atoms with Crippen LogP contribution in [0.5, 0.6) is 5.75 Å². The summed E-state index contributed by atoms with van der Waals surface area (Å²) in [4.78, 5) is 14.0. The van der Waals surface area contributed by atoms with Crippen LogP contribution in [0.4, 0.5) is 5.69 Å². The molecule has 0 saturated carbocycles. The zero-order chi connectivity index (χ0) is 19.8. The monoisotopic (exact) mass is 397 g/mol. The third-order valence-corrected chi connectivity index (χ3v) is 4.46. The molecular weight excluding hydrogens is 378 g/mol. The van der Waals surface area contributed by atoms with Crippen LogP contribution >= 0.6 is 11.6 Å². The van der Waals surface area contributed by atoms with Crippen LogP contribution in [0.15, 0.2) is 60.3 Å². The fourth-order valence-corrected chi connectivity index (χ4v) is 2.75. The van der Waals surface area contributed by atoms with Crippen molar-refractivity contribution in [3.05, 3.63) is 70.9 Å². The van der Waals surface area contributed by atoms with Crippen molar-refractivity contribution in [2.45, 2.75) is 6.61 Å². The Labute approximate surface area is 168 Å². The number of carbonyl (C=O) groups is 1. The molecule has 6 nitrogen and oxygen atoms in total. The van der Waals surface area contributed by atoms with Crippen LogP contribution < -0.4 is 10.1 Å². The van der Waals surface area contributed by atoms with E-state index in [1.165, 1.54) is 6.20 Å². The molecule has 1 heterocycles. The molecule has 2 aromatic carbocycles. The van der Waals surface area contributed by atoms with Gasteiger partial charge >= 0.3 is 0 Å². The van der Waals surface area contributed by atoms with Crippen molar-refractivity contribution in [3.8, 4) is 11.8 Å². The number of nitrogens with zero attached hydrogens (tertiary/aromatic N) is 2. The first-order valence-electron chi connectivity index (χ1n) is 8.87. The molecule has 1 fully saturated rings. The third-order valence-electron chi connectivity index (χ3n) is 4.21. The van der Waals surface area contributed by atoms with Gasteiger partial charge in [-0.05, 0) is 42.0 Å². The predicted octanol–water partition coefficient (Wildman–Crippen LogP) is 3.60. The number of benzene rings is 2. The molecule has 1 amide bonds. The van der Waals surface area contributed by atoms with Crippen molar-refractivity contribution in [2.24, 2.45) is 0 Å². The number of hydrogen-bond donors (Lipinski definition) is 1. The van der Waals surface area contributed by atoms with Crippen LogP contribution in [0, 0.1) is 11.3 Å². The highest BCUT2D eigenvalue weighted by Gasteiger charge is 2.20. The van der Waals surface area contributed by atoms with Gasteiger partial charge in [-0.15, -0.1) is 0 Å². The molecule has 7 heteroatoms. The summed E-state index contributed by atoms with van der Waals surface area (Å²) in [5.41, 5.74) is 1.83. The first-order valence-corrected chi connectivity index (χ1v) is 9.24. The van der Waals surface area contributed by atoms with Crippen molar-refractivity contribution in [2.75, 3.05) is 31.6 Å². The fourth-order valence-electron chi connectivity index (χ4n) is 2.63. The Balaban J connectivity index is 1.55. The van der Waals surface area contributed by atoms with Gasteiger partial charge in [0.15, 0.2) is 0 Å². The number of morpholine rings is 1. The molecule has 0 spiro atoms. The maximum Gasteiger partial charge on any atom is 0.266 e. The van der Waals surface area contributed by atoms with E-state index in [1.807, 2.05) is 54.6 Å². The van der Waals surface area contributed by atoms with Gasteiger partial charge in [-0.1, -0.05) is 23.7 Å². The lowest BCUT2D eigenvalue weighted by atomic mass is 10.2. The van der Waals surface area contributed by atoms with E-state index in [4.69, 9.17) is 21.1 Å². The quantitative estimate of drug-likeness (QED) is 0.595. The van der Waals surface area contributed by atoms with Crippen molar-refractivity contribution in [1.82, 2.24) is 4.90 Å². The molecule has 144 valence electrons. The zero-order valence-electron chi connectivity index (χ0n) is 15.2. The summed E-state index contributed by atoms with van der Waals surface area (Å²) >= 11 is 5.87. The second kappa shape index (κ2) is 9.79. The zero-order valence-corrected chi connectivity index (χ0v) is 16.0. The van der Waals surface area contributed by atoms with Gasteiger partial charge in [-0.3, -0.25) is 4.79 Å². The first kappa shape index (κ1) is 19.7. The summed E-state index contributed by atoms with van der Waals surface area (Å²) < 4.78 is 11.0. The number of ether oxygens (including phenoxy) is 2. The first-order chi connectivity index (χ1) is 13.7. The summed E-state index contributed by atoms with van der Waals surface area (Å²) in [6.45, 7) is 2.43. The normalized spacial score (nSPS) is 14.3. The number of hydrogen-bond acceptors (Lipinski definition) is 5. The second-order valence-electron chi connectivity index (χ2n) is 6.16. The molecule has 0 aromatic heterocycles. The van der Waals surface area contributed by atoms with Gasteiger partial charge in [0.2, 0.25) is 0 Å². The third kappa shape index (κ3) is 5.49. The molecular formula is C21H20ClN3O3. The second-order valence-corrected chi connectivity index (χ2v) is 6.59. The molecule has 2 aromatic rings. The Morgan fingerprint density at radius 2 is 1.86 bits per heavy atom. The Bertz CT molecular complexity index is 867. The van der Waals surface area contributed by atoms with Crippen LogP contribution in [-0.4, -0.2) is 37.1 Å². The summed E-state index contributed by atoms with van der Waals surface area (Å²) in [7, 11) is 0. The minimum atomic E-state index is -0.291. The maximum absolute atomic E-state index is 12.4. The fraction of sp³-hybridized carbons (Fsp3) is 0.238. The molecule has 1 aliphatic rings. The summed E-state index contributed by atoms with van der Waals surface area (Å²) in [6, 6.07) is 16.7. The molecule has 3 rings (SSSR count). The Morgan fingerprint density at radius 1 is 1.18 bits per heavy atom. The number of halogens is 1. The van der Waals surface area contributed by atoms with E-state index in [-0.39, 0.29) is 11.5 Å². The van der Waals surface area contributed by atoms with Crippen LogP contribution in [0.2, 0.25) is 5.02 Å². The summed E-state index contributed by atoms with van der Waals surface area (Å²) in [6.07, 6.45) is 1.43. The number of rotatable bonds is 6. The molecule has 1 N–H and O–H groups in total. The number of amides is 1. The minimum Gasteiger partial charge on any atom is -0.489 e. The van der Waals surface area contributed by atoms with E-state index < -0.39 is 0 Å². The molecule has 1 saturated heterocycles. The van der Waals surface area contributed by atoms with Crippen LogP contribution in [0.1, 0.15) is 5.56 Å². The highest BCUT2D eigenvalue weighted by molar-refractivity contribution is 6.30. The largest absolute Gasteiger partial charge is 0.489 e. The van der Waals surface area contributed by atoms with Crippen molar-refractivity contribution in [3.63, 3.8) is 0 Å². The molecule has 0 atom stereocenters. The van der Waals surface area contributed by atoms with Crippen LogP contribution in [0.25, 0.3) is 0 Å². The Kier molecular flexibility index (Phi) is 6.90. The molecule has 0 aliphatic carbocycles. The lowest BCUT2D eigenvalue weighted by molar-refractivity contribution is -0.130. The van der Waals surface area contributed by atoms with Gasteiger partial charge < -0.3 is 19.7 Å². The van der Waals surface area contributed by atoms with Gasteiger partial charge in [-0.2, -0.15) is 5.26 Å². The van der Waals surface area contributed by atoms with Gasteiger partial charge in [0.25, 0.3) is 5.91 Å². The molecule has 0 unspecified atom stereocenters. The van der Waals surface area contributed by atoms with Crippen molar-refractivity contribution in [1.29, 1.82) is 5.26 Å². The smallest absolute Gasteiger partial charge is 0.266 e. The molecule has 28 heavy (non-hydrogen) atoms. The van der Waals surface area contributed by atoms with E-state index in [0.717, 1.165) is 17.0 Å². The highest BCUT2D eigenvalue weighted by atomic mass is 35.5. The van der Waals surface area contributed by atoms with Crippen LogP contribution in [-0.2, 0) is 16.1 Å². The molecule has 1 aliphatic heterocycles. The lowest BCUT2D eigenvalue weighted by Crippen LogP contribution is -2.41. The number of carbonyl (C=O) groups excluding carboxylic acids is 1. The van der Waals surface area contributed by atoms with Gasteiger partial charge in [0.05, 0.1) is 13.2 Å². The van der Waals surface area contributed by atoms with E-state index in [9.17, 15) is 10.1 Å². The van der Waals surface area contributed by atoms with Gasteiger partial charge in [0.1, 0.15) is 24.0 Å². The van der Waals surface area contributed by atoms with Gasteiger partial charge in [-0.25, -0.2) is 0 Å². The maximum atomic E-state index is 12.4. The highest BCUT2D eigenvalue weighted by Crippen LogP contribution is 2.18.